The molecule has 1 aliphatic rings. The molecule has 36 heavy (non-hydrogen) atoms. The lowest BCUT2D eigenvalue weighted by atomic mass is 10.0. The largest absolute Gasteiger partial charge is 0.461 e. The number of H-pyrrole nitrogens is 1. The smallest absolute Gasteiger partial charge is 0.356 e. The molecular weight excluding hydrogens is 452 g/mol. The van der Waals surface area contributed by atoms with E-state index in [4.69, 9.17) is 4.74 Å². The molecule has 6 rings (SSSR count). The molecule has 0 saturated carbocycles. The quantitative estimate of drug-likeness (QED) is 0.349. The molecule has 0 spiro atoms. The summed E-state index contributed by atoms with van der Waals surface area (Å²) in [6.45, 7) is 4.17. The fourth-order valence-corrected chi connectivity index (χ4v) is 4.25. The lowest BCUT2D eigenvalue weighted by Gasteiger charge is -2.26. The number of rotatable bonds is 6. The van der Waals surface area contributed by atoms with Gasteiger partial charge in [0.2, 0.25) is 0 Å². The molecule has 0 atom stereocenters. The Bertz CT molecular complexity index is 1560. The summed E-state index contributed by atoms with van der Waals surface area (Å²) in [6.07, 6.45) is 5.19. The number of nitrogens with one attached hydrogen (secondary N) is 2. The summed E-state index contributed by atoms with van der Waals surface area (Å²) in [7, 11) is 0. The SMILES string of the molecule is Cc1cccc(-c2[nH]cnc2-c2ccc3ncc(-c4ccc(C(=O)OCC5CNC5)nc4)cc3c2)n1. The normalized spacial score (nSPS) is 13.5. The van der Waals surface area contributed by atoms with Crippen LogP contribution in [0.15, 0.2) is 73.3 Å². The van der Waals surface area contributed by atoms with Crippen molar-refractivity contribution in [3.8, 4) is 33.8 Å². The average molecular weight is 477 g/mol. The van der Waals surface area contributed by atoms with Crippen molar-refractivity contribution >= 4 is 16.9 Å². The Morgan fingerprint density at radius 2 is 1.81 bits per heavy atom. The zero-order chi connectivity index (χ0) is 24.5. The fraction of sp³-hybridized carbons (Fsp3) is 0.179. The molecule has 1 saturated heterocycles. The molecular formula is C28H24N6O2. The predicted molar refractivity (Wildman–Crippen MR) is 137 cm³/mol. The van der Waals surface area contributed by atoms with Gasteiger partial charge in [-0.25, -0.2) is 14.8 Å². The van der Waals surface area contributed by atoms with Crippen molar-refractivity contribution in [2.45, 2.75) is 6.92 Å². The number of aryl methyl sites for hydroxylation is 1. The lowest BCUT2D eigenvalue weighted by Crippen LogP contribution is -2.44. The van der Waals surface area contributed by atoms with E-state index in [1.54, 1.807) is 18.6 Å². The van der Waals surface area contributed by atoms with Crippen LogP contribution in [0.5, 0.6) is 0 Å². The molecule has 0 radical (unpaired) electrons. The molecule has 1 fully saturated rings. The van der Waals surface area contributed by atoms with Gasteiger partial charge in [-0.05, 0) is 43.3 Å². The summed E-state index contributed by atoms with van der Waals surface area (Å²) in [6, 6.07) is 17.7. The van der Waals surface area contributed by atoms with Crippen molar-refractivity contribution in [3.63, 3.8) is 0 Å². The number of esters is 1. The molecule has 4 aromatic heterocycles. The van der Waals surface area contributed by atoms with Gasteiger partial charge in [-0.15, -0.1) is 0 Å². The van der Waals surface area contributed by atoms with E-state index >= 15 is 0 Å². The maximum Gasteiger partial charge on any atom is 0.356 e. The van der Waals surface area contributed by atoms with Gasteiger partial charge in [-0.1, -0.05) is 18.2 Å². The molecule has 0 amide bonds. The van der Waals surface area contributed by atoms with Gasteiger partial charge < -0.3 is 15.0 Å². The highest BCUT2D eigenvalue weighted by molar-refractivity contribution is 5.90. The van der Waals surface area contributed by atoms with Crippen LogP contribution in [0.4, 0.5) is 0 Å². The van der Waals surface area contributed by atoms with Gasteiger partial charge in [0, 0.05) is 59.2 Å². The summed E-state index contributed by atoms with van der Waals surface area (Å²) in [5.74, 6) is 0.0000397. The predicted octanol–water partition coefficient (Wildman–Crippen LogP) is 4.43. The number of nitrogens with zero attached hydrogens (tertiary/aromatic N) is 4. The minimum atomic E-state index is -0.396. The number of benzene rings is 1. The molecule has 1 aromatic carbocycles. The number of hydrogen-bond donors (Lipinski definition) is 2. The van der Waals surface area contributed by atoms with Gasteiger partial charge in [0.25, 0.3) is 0 Å². The molecule has 1 aliphatic heterocycles. The number of aromatic nitrogens is 5. The number of pyridine rings is 3. The van der Waals surface area contributed by atoms with Crippen LogP contribution in [0, 0.1) is 12.8 Å². The monoisotopic (exact) mass is 476 g/mol. The number of carbonyl (C=O) groups excluding carboxylic acids is 1. The van der Waals surface area contributed by atoms with E-state index in [9.17, 15) is 4.79 Å². The van der Waals surface area contributed by atoms with Crippen molar-refractivity contribution in [1.29, 1.82) is 0 Å². The minimum absolute atomic E-state index is 0.304. The van der Waals surface area contributed by atoms with Crippen molar-refractivity contribution in [2.24, 2.45) is 5.92 Å². The second-order valence-corrected chi connectivity index (χ2v) is 8.98. The first-order valence-corrected chi connectivity index (χ1v) is 11.9. The van der Waals surface area contributed by atoms with E-state index in [0.29, 0.717) is 18.2 Å². The third-order valence-electron chi connectivity index (χ3n) is 6.36. The first-order valence-electron chi connectivity index (χ1n) is 11.9. The number of ether oxygens (including phenoxy) is 1. The van der Waals surface area contributed by atoms with Crippen LogP contribution in [0.1, 0.15) is 16.2 Å². The summed E-state index contributed by atoms with van der Waals surface area (Å²) in [4.78, 5) is 33.7. The number of carbonyl (C=O) groups is 1. The summed E-state index contributed by atoms with van der Waals surface area (Å²) in [5, 5.41) is 4.15. The highest BCUT2D eigenvalue weighted by atomic mass is 16.5. The molecule has 0 bridgehead atoms. The van der Waals surface area contributed by atoms with E-state index in [-0.39, 0.29) is 0 Å². The molecule has 0 aliphatic carbocycles. The van der Waals surface area contributed by atoms with Crippen molar-refractivity contribution in [2.75, 3.05) is 19.7 Å². The first-order chi connectivity index (χ1) is 17.6. The maximum atomic E-state index is 12.3. The molecule has 5 heterocycles. The number of hydrogen-bond acceptors (Lipinski definition) is 7. The van der Waals surface area contributed by atoms with Crippen LogP contribution in [0.25, 0.3) is 44.7 Å². The van der Waals surface area contributed by atoms with Crippen molar-refractivity contribution in [3.05, 3.63) is 84.7 Å². The topological polar surface area (TPSA) is 106 Å². The Labute approximate surface area is 207 Å². The Balaban J connectivity index is 1.27. The Kier molecular flexibility index (Phi) is 5.71. The zero-order valence-corrected chi connectivity index (χ0v) is 19.7. The molecule has 0 unspecified atom stereocenters. The van der Waals surface area contributed by atoms with Crippen LogP contribution < -0.4 is 5.32 Å². The zero-order valence-electron chi connectivity index (χ0n) is 19.7. The van der Waals surface area contributed by atoms with E-state index in [0.717, 1.165) is 63.5 Å². The van der Waals surface area contributed by atoms with E-state index in [1.165, 1.54) is 0 Å². The molecule has 178 valence electrons. The highest BCUT2D eigenvalue weighted by Crippen LogP contribution is 2.31. The average Bonchev–Trinajstić information content (AvgIpc) is 3.37. The second kappa shape index (κ2) is 9.31. The fourth-order valence-electron chi connectivity index (χ4n) is 4.25. The van der Waals surface area contributed by atoms with E-state index < -0.39 is 5.97 Å². The summed E-state index contributed by atoms with van der Waals surface area (Å²) < 4.78 is 5.37. The second-order valence-electron chi connectivity index (χ2n) is 8.98. The molecule has 2 N–H and O–H groups in total. The first kappa shape index (κ1) is 22.1. The van der Waals surface area contributed by atoms with Gasteiger partial charge in [-0.3, -0.25) is 9.97 Å². The Morgan fingerprint density at radius 1 is 0.972 bits per heavy atom. The Morgan fingerprint density at radius 3 is 2.58 bits per heavy atom. The number of imidazole rings is 1. The highest BCUT2D eigenvalue weighted by Gasteiger charge is 2.19. The number of fused-ring (bicyclic) bond motifs is 1. The van der Waals surface area contributed by atoms with Gasteiger partial charge in [-0.2, -0.15) is 0 Å². The molecule has 8 nitrogen and oxygen atoms in total. The van der Waals surface area contributed by atoms with Crippen LogP contribution in [-0.2, 0) is 4.74 Å². The van der Waals surface area contributed by atoms with Gasteiger partial charge in [0.05, 0.1) is 35.5 Å². The lowest BCUT2D eigenvalue weighted by molar-refractivity contribution is 0.0391. The Hall–Kier alpha value is -4.43. The van der Waals surface area contributed by atoms with Crippen LogP contribution in [-0.4, -0.2) is 50.6 Å². The van der Waals surface area contributed by atoms with E-state index in [1.807, 2.05) is 49.5 Å². The molecule has 8 heteroatoms. The van der Waals surface area contributed by atoms with Crippen LogP contribution in [0.2, 0.25) is 0 Å². The maximum absolute atomic E-state index is 12.3. The van der Waals surface area contributed by atoms with Crippen molar-refractivity contribution in [1.82, 2.24) is 30.2 Å². The summed E-state index contributed by atoms with van der Waals surface area (Å²) in [5.41, 5.74) is 7.45. The van der Waals surface area contributed by atoms with Crippen molar-refractivity contribution < 1.29 is 9.53 Å². The number of aromatic amines is 1. The van der Waals surface area contributed by atoms with Crippen LogP contribution >= 0.6 is 0 Å². The summed E-state index contributed by atoms with van der Waals surface area (Å²) >= 11 is 0. The van der Waals surface area contributed by atoms with Gasteiger partial charge in [0.1, 0.15) is 5.69 Å². The van der Waals surface area contributed by atoms with E-state index in [2.05, 4.69) is 42.4 Å². The third-order valence-corrected chi connectivity index (χ3v) is 6.36. The molecule has 5 aromatic rings. The minimum Gasteiger partial charge on any atom is -0.461 e. The third kappa shape index (κ3) is 4.34. The van der Waals surface area contributed by atoms with Crippen LogP contribution in [0.3, 0.4) is 0 Å². The van der Waals surface area contributed by atoms with Gasteiger partial charge >= 0.3 is 5.97 Å². The standard InChI is InChI=1S/C28H24N6O2/c1-17-3-2-4-24(34-17)27-26(32-16-33-27)19-5-7-23-21(9-19)10-22(14-30-23)20-6-8-25(31-13-20)28(35)36-15-18-11-29-12-18/h2-10,13-14,16,18,29H,11-12,15H2,1H3,(H,32,33). The van der Waals surface area contributed by atoms with Gasteiger partial charge in [0.15, 0.2) is 0 Å².